The second-order valence-corrected chi connectivity index (χ2v) is 4.45. The highest BCUT2D eigenvalue weighted by Gasteiger charge is 2.15. The van der Waals surface area contributed by atoms with Gasteiger partial charge in [-0.1, -0.05) is 24.3 Å². The number of hydrogen-bond donors (Lipinski definition) is 2. The average molecular weight is 262 g/mol. The molecule has 19 heavy (non-hydrogen) atoms. The van der Waals surface area contributed by atoms with Crippen LogP contribution in [0.25, 0.3) is 0 Å². The summed E-state index contributed by atoms with van der Waals surface area (Å²) in [6, 6.07) is 5.61. The van der Waals surface area contributed by atoms with E-state index in [1.165, 1.54) is 18.2 Å². The first-order valence-corrected chi connectivity index (χ1v) is 6.17. The van der Waals surface area contributed by atoms with Gasteiger partial charge in [0.15, 0.2) is 0 Å². The summed E-state index contributed by atoms with van der Waals surface area (Å²) in [7, 11) is 0. The number of halogens is 1. The van der Waals surface area contributed by atoms with E-state index in [9.17, 15) is 14.0 Å². The van der Waals surface area contributed by atoms with Gasteiger partial charge in [-0.15, -0.1) is 0 Å². The Morgan fingerprint density at radius 2 is 2.05 bits per heavy atom. The molecular formula is C14H15FN2O2. The van der Waals surface area contributed by atoms with Gasteiger partial charge in [0.2, 0.25) is 5.91 Å². The second kappa shape index (κ2) is 6.13. The van der Waals surface area contributed by atoms with E-state index in [0.29, 0.717) is 6.42 Å². The third kappa shape index (κ3) is 3.64. The van der Waals surface area contributed by atoms with Crippen molar-refractivity contribution in [2.45, 2.75) is 19.3 Å². The molecule has 1 aliphatic rings. The molecule has 2 N–H and O–H groups in total. The fourth-order valence-electron chi connectivity index (χ4n) is 1.99. The van der Waals surface area contributed by atoms with Gasteiger partial charge < -0.3 is 0 Å². The first kappa shape index (κ1) is 13.3. The Morgan fingerprint density at radius 1 is 1.26 bits per heavy atom. The lowest BCUT2D eigenvalue weighted by Crippen LogP contribution is -2.42. The summed E-state index contributed by atoms with van der Waals surface area (Å²) in [4.78, 5) is 23.2. The van der Waals surface area contributed by atoms with Crippen LogP contribution >= 0.6 is 0 Å². The van der Waals surface area contributed by atoms with E-state index in [0.717, 1.165) is 12.8 Å². The molecule has 0 spiro atoms. The van der Waals surface area contributed by atoms with Crippen LogP contribution in [0.3, 0.4) is 0 Å². The highest BCUT2D eigenvalue weighted by atomic mass is 19.1. The van der Waals surface area contributed by atoms with Crippen molar-refractivity contribution in [1.29, 1.82) is 0 Å². The summed E-state index contributed by atoms with van der Waals surface area (Å²) >= 11 is 0. The van der Waals surface area contributed by atoms with Crippen LogP contribution in [0.1, 0.15) is 29.6 Å². The minimum absolute atomic E-state index is 0.0939. The quantitative estimate of drug-likeness (QED) is 0.646. The van der Waals surface area contributed by atoms with Crippen LogP contribution in [-0.2, 0) is 4.79 Å². The number of amides is 2. The summed E-state index contributed by atoms with van der Waals surface area (Å²) in [5.41, 5.74) is 4.41. The molecule has 0 heterocycles. The van der Waals surface area contributed by atoms with Gasteiger partial charge in [-0.2, -0.15) is 0 Å². The van der Waals surface area contributed by atoms with Crippen molar-refractivity contribution in [1.82, 2.24) is 10.9 Å². The predicted molar refractivity (Wildman–Crippen MR) is 68.5 cm³/mol. The summed E-state index contributed by atoms with van der Waals surface area (Å²) < 4.78 is 13.3. The van der Waals surface area contributed by atoms with Crippen molar-refractivity contribution in [3.8, 4) is 0 Å². The molecular weight excluding hydrogens is 247 g/mol. The zero-order chi connectivity index (χ0) is 13.7. The molecule has 5 heteroatoms. The van der Waals surface area contributed by atoms with Crippen molar-refractivity contribution in [2.75, 3.05) is 0 Å². The van der Waals surface area contributed by atoms with Crippen molar-refractivity contribution < 1.29 is 14.0 Å². The number of nitrogens with one attached hydrogen (secondary N) is 2. The number of hydrazine groups is 1. The molecule has 0 aromatic heterocycles. The standard InChI is InChI=1S/C14H15FN2O2/c15-12-8-4-3-7-11(12)14(19)17-16-13(18)9-10-5-1-2-6-10/h1,3-5,7-8,10H,2,6,9H2,(H,16,18)(H,17,19). The summed E-state index contributed by atoms with van der Waals surface area (Å²) in [5, 5.41) is 0. The number of hydrogen-bond acceptors (Lipinski definition) is 2. The molecule has 0 aliphatic heterocycles. The zero-order valence-corrected chi connectivity index (χ0v) is 10.4. The maximum Gasteiger partial charge on any atom is 0.272 e. The largest absolute Gasteiger partial charge is 0.273 e. The fourth-order valence-corrected chi connectivity index (χ4v) is 1.99. The molecule has 1 unspecified atom stereocenters. The first-order valence-electron chi connectivity index (χ1n) is 6.17. The van der Waals surface area contributed by atoms with Crippen molar-refractivity contribution in [3.05, 3.63) is 47.8 Å². The Kier molecular flexibility index (Phi) is 4.28. The lowest BCUT2D eigenvalue weighted by atomic mass is 10.1. The fraction of sp³-hybridized carbons (Fsp3) is 0.286. The second-order valence-electron chi connectivity index (χ2n) is 4.45. The van der Waals surface area contributed by atoms with Gasteiger partial charge in [-0.25, -0.2) is 4.39 Å². The SMILES string of the molecule is O=C(CC1C=CCC1)NNC(=O)c1ccccc1F. The van der Waals surface area contributed by atoms with Crippen LogP contribution in [0.4, 0.5) is 4.39 Å². The Morgan fingerprint density at radius 3 is 2.74 bits per heavy atom. The number of carbonyl (C=O) groups excluding carboxylic acids is 2. The first-order chi connectivity index (χ1) is 9.16. The summed E-state index contributed by atoms with van der Waals surface area (Å²) in [6.07, 6.45) is 6.30. The van der Waals surface area contributed by atoms with Crippen LogP contribution in [0.5, 0.6) is 0 Å². The van der Waals surface area contributed by atoms with Crippen molar-refractivity contribution >= 4 is 11.8 Å². The maximum atomic E-state index is 13.3. The van der Waals surface area contributed by atoms with E-state index in [1.54, 1.807) is 6.07 Å². The van der Waals surface area contributed by atoms with Crippen LogP contribution in [0.2, 0.25) is 0 Å². The number of rotatable bonds is 3. The molecule has 0 fully saturated rings. The van der Waals surface area contributed by atoms with Gasteiger partial charge >= 0.3 is 0 Å². The normalized spacial score (nSPS) is 17.2. The van der Waals surface area contributed by atoms with Gasteiger partial charge in [0.05, 0.1) is 5.56 Å². The number of benzene rings is 1. The van der Waals surface area contributed by atoms with Gasteiger partial charge in [0.1, 0.15) is 5.82 Å². The van der Waals surface area contributed by atoms with Gasteiger partial charge in [-0.3, -0.25) is 20.4 Å². The van der Waals surface area contributed by atoms with E-state index >= 15 is 0 Å². The van der Waals surface area contributed by atoms with E-state index < -0.39 is 11.7 Å². The summed E-state index contributed by atoms with van der Waals surface area (Å²) in [6.45, 7) is 0. The van der Waals surface area contributed by atoms with E-state index in [1.807, 2.05) is 12.2 Å². The maximum absolute atomic E-state index is 13.3. The zero-order valence-electron chi connectivity index (χ0n) is 10.4. The third-order valence-corrected chi connectivity index (χ3v) is 2.99. The highest BCUT2D eigenvalue weighted by molar-refractivity contribution is 5.95. The molecule has 1 aliphatic carbocycles. The van der Waals surface area contributed by atoms with Crippen LogP contribution in [0, 0.1) is 11.7 Å². The minimum Gasteiger partial charge on any atom is -0.273 e. The van der Waals surface area contributed by atoms with E-state index in [4.69, 9.17) is 0 Å². The van der Waals surface area contributed by atoms with E-state index in [2.05, 4.69) is 10.9 Å². The Labute approximate surface area is 110 Å². The topological polar surface area (TPSA) is 58.2 Å². The van der Waals surface area contributed by atoms with Gasteiger partial charge in [0.25, 0.3) is 5.91 Å². The third-order valence-electron chi connectivity index (χ3n) is 2.99. The molecule has 1 atom stereocenters. The average Bonchev–Trinajstić information content (AvgIpc) is 2.89. The van der Waals surface area contributed by atoms with E-state index in [-0.39, 0.29) is 17.4 Å². The van der Waals surface area contributed by atoms with Crippen LogP contribution in [-0.4, -0.2) is 11.8 Å². The molecule has 1 aromatic rings. The molecule has 0 saturated carbocycles. The minimum atomic E-state index is -0.659. The molecule has 100 valence electrons. The van der Waals surface area contributed by atoms with Crippen LogP contribution in [0.15, 0.2) is 36.4 Å². The van der Waals surface area contributed by atoms with Gasteiger partial charge in [0, 0.05) is 6.42 Å². The number of carbonyl (C=O) groups is 2. The molecule has 0 radical (unpaired) electrons. The Balaban J connectivity index is 1.81. The highest BCUT2D eigenvalue weighted by Crippen LogP contribution is 2.19. The lowest BCUT2D eigenvalue weighted by Gasteiger charge is -2.10. The monoisotopic (exact) mass is 262 g/mol. The molecule has 2 amide bonds. The lowest BCUT2D eigenvalue weighted by molar-refractivity contribution is -0.122. The van der Waals surface area contributed by atoms with Crippen molar-refractivity contribution in [2.24, 2.45) is 5.92 Å². The Bertz CT molecular complexity index is 514. The Hall–Kier alpha value is -2.17. The molecule has 0 bridgehead atoms. The number of allylic oxidation sites excluding steroid dienone is 2. The molecule has 0 saturated heterocycles. The smallest absolute Gasteiger partial charge is 0.272 e. The summed E-state index contributed by atoms with van der Waals surface area (Å²) in [5.74, 6) is -1.33. The van der Waals surface area contributed by atoms with Gasteiger partial charge in [-0.05, 0) is 30.9 Å². The molecule has 2 rings (SSSR count). The van der Waals surface area contributed by atoms with Crippen molar-refractivity contribution in [3.63, 3.8) is 0 Å². The predicted octanol–water partition coefficient (Wildman–Crippen LogP) is 1.94. The molecule has 4 nitrogen and oxygen atoms in total. The van der Waals surface area contributed by atoms with Crippen LogP contribution < -0.4 is 10.9 Å². The molecule has 1 aromatic carbocycles.